The van der Waals surface area contributed by atoms with Gasteiger partial charge < -0.3 is 14.9 Å². The van der Waals surface area contributed by atoms with Crippen LogP contribution in [0.1, 0.15) is 73.2 Å². The number of carboxylic acid groups (broad SMARTS) is 1. The summed E-state index contributed by atoms with van der Waals surface area (Å²) < 4.78 is 0. The Morgan fingerprint density at radius 2 is 1.72 bits per heavy atom. The van der Waals surface area contributed by atoms with Crippen LogP contribution in [-0.2, 0) is 16.8 Å². The van der Waals surface area contributed by atoms with Gasteiger partial charge in [-0.3, -0.25) is 4.98 Å². The molecule has 1 fully saturated rings. The van der Waals surface area contributed by atoms with Gasteiger partial charge in [0.1, 0.15) is 6.04 Å². The highest BCUT2D eigenvalue weighted by molar-refractivity contribution is 5.84. The van der Waals surface area contributed by atoms with E-state index in [0.29, 0.717) is 26.1 Å². The minimum atomic E-state index is -0.942. The number of amides is 2. The number of rotatable bonds is 6. The highest BCUT2D eigenvalue weighted by Gasteiger charge is 2.46. The van der Waals surface area contributed by atoms with E-state index in [1.165, 1.54) is 4.90 Å². The quantitative estimate of drug-likeness (QED) is 0.757. The van der Waals surface area contributed by atoms with Crippen LogP contribution in [0, 0.1) is 10.8 Å². The van der Waals surface area contributed by atoms with Gasteiger partial charge in [-0.15, -0.1) is 0 Å². The molecule has 2 heterocycles. The second-order valence-electron chi connectivity index (χ2n) is 11.1. The molecule has 6 heteroatoms. The van der Waals surface area contributed by atoms with Crippen LogP contribution in [0.2, 0.25) is 0 Å². The van der Waals surface area contributed by atoms with E-state index in [4.69, 9.17) is 4.98 Å². The van der Waals surface area contributed by atoms with Crippen molar-refractivity contribution >= 4 is 12.0 Å². The van der Waals surface area contributed by atoms with Crippen molar-refractivity contribution < 1.29 is 14.7 Å². The number of carboxylic acids is 1. The first kappa shape index (κ1) is 23.2. The zero-order chi connectivity index (χ0) is 22.2. The Bertz CT molecular complexity index is 759. The number of aliphatic carboxylic acids is 1. The average Bonchev–Trinajstić information content (AvgIpc) is 2.85. The first-order valence-corrected chi connectivity index (χ1v) is 10.4. The van der Waals surface area contributed by atoms with Gasteiger partial charge in [0, 0.05) is 24.2 Å². The zero-order valence-corrected chi connectivity index (χ0v) is 19.2. The Balaban J connectivity index is 2.20. The number of urea groups is 1. The predicted octanol–water partition coefficient (Wildman–Crippen LogP) is 4.53. The lowest BCUT2D eigenvalue weighted by molar-refractivity contribution is -0.147. The molecule has 2 amide bonds. The maximum absolute atomic E-state index is 13.1. The maximum atomic E-state index is 13.1. The molecule has 1 N–H and O–H groups in total. The van der Waals surface area contributed by atoms with E-state index >= 15 is 0 Å². The summed E-state index contributed by atoms with van der Waals surface area (Å²) in [5.41, 5.74) is 1.17. The van der Waals surface area contributed by atoms with Crippen molar-refractivity contribution in [2.75, 3.05) is 13.1 Å². The van der Waals surface area contributed by atoms with Crippen molar-refractivity contribution in [3.05, 3.63) is 29.6 Å². The van der Waals surface area contributed by atoms with Crippen LogP contribution < -0.4 is 0 Å². The molecule has 0 aromatic carbocycles. The monoisotopic (exact) mass is 403 g/mol. The standard InChI is InChI=1S/C23H37N3O3/c1-21(2,3)15-23(7,8)18(19(27)28)26-13-12-25(20(26)29)14-16-10-9-11-17(24-16)22(4,5)6/h9-11,18H,12-15H2,1-8H3,(H,27,28)/t18-/m1/s1. The Morgan fingerprint density at radius 1 is 1.10 bits per heavy atom. The van der Waals surface area contributed by atoms with E-state index < -0.39 is 17.4 Å². The molecule has 1 aromatic rings. The van der Waals surface area contributed by atoms with Crippen LogP contribution in [-0.4, -0.2) is 51.0 Å². The molecule has 0 unspecified atom stereocenters. The van der Waals surface area contributed by atoms with E-state index in [1.54, 1.807) is 4.90 Å². The largest absolute Gasteiger partial charge is 0.480 e. The lowest BCUT2D eigenvalue weighted by Gasteiger charge is -2.40. The summed E-state index contributed by atoms with van der Waals surface area (Å²) in [7, 11) is 0. The van der Waals surface area contributed by atoms with Gasteiger partial charge in [-0.2, -0.15) is 0 Å². The normalized spacial score (nSPS) is 17.0. The molecule has 0 radical (unpaired) electrons. The number of hydrogen-bond acceptors (Lipinski definition) is 3. The molecule has 2 rings (SSSR count). The molecule has 1 aliphatic heterocycles. The number of pyridine rings is 1. The van der Waals surface area contributed by atoms with Crippen molar-refractivity contribution in [2.45, 2.75) is 79.8 Å². The molecule has 162 valence electrons. The van der Waals surface area contributed by atoms with Crippen molar-refractivity contribution in [3.63, 3.8) is 0 Å². The summed E-state index contributed by atoms with van der Waals surface area (Å²) in [6.45, 7) is 17.8. The summed E-state index contributed by atoms with van der Waals surface area (Å²) >= 11 is 0. The third-order valence-electron chi connectivity index (χ3n) is 5.33. The van der Waals surface area contributed by atoms with Crippen LogP contribution >= 0.6 is 0 Å². The molecule has 0 bridgehead atoms. The van der Waals surface area contributed by atoms with Crippen molar-refractivity contribution in [2.24, 2.45) is 10.8 Å². The predicted molar refractivity (Wildman–Crippen MR) is 115 cm³/mol. The lowest BCUT2D eigenvalue weighted by atomic mass is 9.71. The SMILES string of the molecule is CC(C)(C)CC(C)(C)[C@@H](C(=O)O)N1CCN(Cc2cccc(C(C)(C)C)n2)C1=O. The third-order valence-corrected chi connectivity index (χ3v) is 5.33. The number of aromatic nitrogens is 1. The Hall–Kier alpha value is -2.11. The summed E-state index contributed by atoms with van der Waals surface area (Å²) in [6, 6.07) is 4.81. The minimum absolute atomic E-state index is 0.0308. The van der Waals surface area contributed by atoms with Crippen molar-refractivity contribution in [3.8, 4) is 0 Å². The molecular formula is C23H37N3O3. The Labute approximate surface area is 175 Å². The zero-order valence-electron chi connectivity index (χ0n) is 19.2. The van der Waals surface area contributed by atoms with Crippen LogP contribution in [0.5, 0.6) is 0 Å². The van der Waals surface area contributed by atoms with Crippen LogP contribution in [0.25, 0.3) is 0 Å². The molecule has 0 aliphatic carbocycles. The lowest BCUT2D eigenvalue weighted by Crippen LogP contribution is -2.52. The molecule has 0 saturated carbocycles. The van der Waals surface area contributed by atoms with Gasteiger partial charge in [0.15, 0.2) is 0 Å². The summed E-state index contributed by atoms with van der Waals surface area (Å²) in [6.07, 6.45) is 0.704. The van der Waals surface area contributed by atoms with E-state index in [-0.39, 0.29) is 16.9 Å². The Morgan fingerprint density at radius 3 is 2.24 bits per heavy atom. The van der Waals surface area contributed by atoms with E-state index in [2.05, 4.69) is 41.5 Å². The number of nitrogens with zero attached hydrogens (tertiary/aromatic N) is 3. The van der Waals surface area contributed by atoms with Crippen LogP contribution in [0.3, 0.4) is 0 Å². The first-order chi connectivity index (χ1) is 13.1. The van der Waals surface area contributed by atoms with E-state index in [0.717, 1.165) is 11.4 Å². The average molecular weight is 404 g/mol. The van der Waals surface area contributed by atoms with E-state index in [9.17, 15) is 14.7 Å². The molecule has 1 saturated heterocycles. The fourth-order valence-corrected chi connectivity index (χ4v) is 4.52. The number of carbonyl (C=O) groups is 2. The minimum Gasteiger partial charge on any atom is -0.480 e. The molecule has 0 spiro atoms. The summed E-state index contributed by atoms with van der Waals surface area (Å²) in [5.74, 6) is -0.942. The highest BCUT2D eigenvalue weighted by atomic mass is 16.4. The molecule has 29 heavy (non-hydrogen) atoms. The van der Waals surface area contributed by atoms with Crippen LogP contribution in [0.15, 0.2) is 18.2 Å². The van der Waals surface area contributed by atoms with Gasteiger partial charge in [-0.1, -0.05) is 61.5 Å². The van der Waals surface area contributed by atoms with Gasteiger partial charge in [0.2, 0.25) is 0 Å². The fourth-order valence-electron chi connectivity index (χ4n) is 4.52. The molecular weight excluding hydrogens is 366 g/mol. The summed E-state index contributed by atoms with van der Waals surface area (Å²) in [4.78, 5) is 33.2. The van der Waals surface area contributed by atoms with Crippen LogP contribution in [0.4, 0.5) is 4.79 Å². The topological polar surface area (TPSA) is 73.7 Å². The van der Waals surface area contributed by atoms with Gasteiger partial charge >= 0.3 is 12.0 Å². The van der Waals surface area contributed by atoms with Gasteiger partial charge in [0.05, 0.1) is 12.2 Å². The maximum Gasteiger partial charge on any atom is 0.327 e. The Kier molecular flexibility index (Phi) is 6.36. The van der Waals surface area contributed by atoms with Crippen molar-refractivity contribution in [1.82, 2.24) is 14.8 Å². The second-order valence-corrected chi connectivity index (χ2v) is 11.1. The molecule has 1 aromatic heterocycles. The van der Waals surface area contributed by atoms with Gasteiger partial charge in [-0.05, 0) is 29.4 Å². The third kappa shape index (κ3) is 5.71. The highest BCUT2D eigenvalue weighted by Crippen LogP contribution is 2.39. The number of hydrogen-bond donors (Lipinski definition) is 1. The molecule has 1 atom stereocenters. The smallest absolute Gasteiger partial charge is 0.327 e. The second kappa shape index (κ2) is 7.96. The fraction of sp³-hybridized carbons (Fsp3) is 0.696. The van der Waals surface area contributed by atoms with Crippen molar-refractivity contribution in [1.29, 1.82) is 0 Å². The molecule has 6 nitrogen and oxygen atoms in total. The van der Waals surface area contributed by atoms with E-state index in [1.807, 2.05) is 32.0 Å². The van der Waals surface area contributed by atoms with Gasteiger partial charge in [-0.25, -0.2) is 9.59 Å². The number of carbonyl (C=O) groups excluding carboxylic acids is 1. The molecule has 1 aliphatic rings. The summed E-state index contributed by atoms with van der Waals surface area (Å²) in [5, 5.41) is 9.96. The first-order valence-electron chi connectivity index (χ1n) is 10.4. The van der Waals surface area contributed by atoms with Gasteiger partial charge in [0.25, 0.3) is 0 Å².